The first kappa shape index (κ1) is 7.14. The van der Waals surface area contributed by atoms with E-state index < -0.39 is 0 Å². The molecule has 0 unspecified atom stereocenters. The molecule has 0 aliphatic heterocycles. The molecular formula is C5H7IO. The smallest absolute Gasteiger partial charge is 0.217 e. The van der Waals surface area contributed by atoms with Gasteiger partial charge in [-0.2, -0.15) is 0 Å². The Morgan fingerprint density at radius 3 is 2.14 bits per heavy atom. The molecule has 0 aliphatic rings. The highest BCUT2D eigenvalue weighted by molar-refractivity contribution is 14.1. The second-order valence-corrected chi connectivity index (χ2v) is 2.23. The fraction of sp³-hybridized carbons (Fsp3) is 0.400. The van der Waals surface area contributed by atoms with Crippen molar-refractivity contribution in [3.8, 4) is 0 Å². The van der Waals surface area contributed by atoms with Crippen LogP contribution in [0.4, 0.5) is 0 Å². The Hall–Kier alpha value is 0.140. The number of rotatable bonds is 1. The lowest BCUT2D eigenvalue weighted by Crippen LogP contribution is -1.83. The highest BCUT2D eigenvalue weighted by atomic mass is 127. The first-order valence-corrected chi connectivity index (χ1v) is 3.09. The maximum absolute atomic E-state index is 10.3. The Bertz CT molecular complexity index is 105. The normalized spacial score (nSPS) is 11.6. The molecule has 0 N–H and O–H groups in total. The van der Waals surface area contributed by atoms with E-state index in [1.54, 1.807) is 35.6 Å². The Morgan fingerprint density at radius 1 is 1.71 bits per heavy atom. The Kier molecular flexibility index (Phi) is 3.25. The number of hydrogen-bond donors (Lipinski definition) is 0. The number of hydrogen-bond acceptors (Lipinski definition) is 1. The van der Waals surface area contributed by atoms with Gasteiger partial charge in [0.05, 0.1) is 0 Å². The minimum absolute atomic E-state index is 0.125. The van der Waals surface area contributed by atoms with Gasteiger partial charge in [-0.05, 0) is 19.4 Å². The van der Waals surface area contributed by atoms with Crippen molar-refractivity contribution in [3.63, 3.8) is 0 Å². The predicted octanol–water partition coefficient (Wildman–Crippen LogP) is 1.91. The van der Waals surface area contributed by atoms with E-state index in [1.807, 2.05) is 6.92 Å². The molecule has 0 amide bonds. The van der Waals surface area contributed by atoms with E-state index in [9.17, 15) is 4.79 Å². The minimum Gasteiger partial charge on any atom is -0.283 e. The molecule has 0 aromatic rings. The molecule has 1 nitrogen and oxygen atoms in total. The predicted molar refractivity (Wildman–Crippen MR) is 38.5 cm³/mol. The lowest BCUT2D eigenvalue weighted by atomic mass is 10.3. The summed E-state index contributed by atoms with van der Waals surface area (Å²) in [6, 6.07) is 0. The number of allylic oxidation sites excluding steroid dienone is 2. The molecule has 0 aromatic heterocycles. The van der Waals surface area contributed by atoms with Gasteiger partial charge in [-0.1, -0.05) is 6.08 Å². The van der Waals surface area contributed by atoms with Gasteiger partial charge >= 0.3 is 0 Å². The zero-order valence-electron chi connectivity index (χ0n) is 4.36. The van der Waals surface area contributed by atoms with Crippen LogP contribution in [0.25, 0.3) is 0 Å². The van der Waals surface area contributed by atoms with E-state index in [0.29, 0.717) is 0 Å². The topological polar surface area (TPSA) is 17.1 Å². The molecule has 0 atom stereocenters. The van der Waals surface area contributed by atoms with Crippen LogP contribution in [-0.4, -0.2) is 3.79 Å². The summed E-state index contributed by atoms with van der Waals surface area (Å²) in [7, 11) is 0. The average Bonchev–Trinajstić information content (AvgIpc) is 1.65. The first-order chi connectivity index (χ1) is 3.18. The van der Waals surface area contributed by atoms with Crippen molar-refractivity contribution in [2.45, 2.75) is 13.8 Å². The van der Waals surface area contributed by atoms with Crippen molar-refractivity contribution in [1.82, 2.24) is 0 Å². The van der Waals surface area contributed by atoms with Gasteiger partial charge in [0.1, 0.15) is 0 Å². The van der Waals surface area contributed by atoms with Crippen LogP contribution in [0, 0.1) is 0 Å². The maximum Gasteiger partial charge on any atom is 0.217 e. The maximum atomic E-state index is 10.3. The zero-order chi connectivity index (χ0) is 5.86. The molecular weight excluding hydrogens is 203 g/mol. The lowest BCUT2D eigenvalue weighted by molar-refractivity contribution is -0.106. The van der Waals surface area contributed by atoms with Crippen molar-refractivity contribution >= 4 is 26.4 Å². The molecule has 0 fully saturated rings. The highest BCUT2D eigenvalue weighted by Crippen LogP contribution is 1.99. The van der Waals surface area contributed by atoms with Gasteiger partial charge in [0.25, 0.3) is 0 Å². The summed E-state index contributed by atoms with van der Waals surface area (Å²) in [6.07, 6.45) is 1.80. The number of carbonyl (C=O) groups is 1. The van der Waals surface area contributed by atoms with Gasteiger partial charge in [-0.15, -0.1) is 0 Å². The Labute approximate surface area is 56.9 Å². The van der Waals surface area contributed by atoms with Crippen molar-refractivity contribution in [2.24, 2.45) is 0 Å². The van der Waals surface area contributed by atoms with E-state index in [0.717, 1.165) is 5.57 Å². The van der Waals surface area contributed by atoms with Gasteiger partial charge < -0.3 is 0 Å². The first-order valence-electron chi connectivity index (χ1n) is 2.01. The van der Waals surface area contributed by atoms with Gasteiger partial charge in [0.2, 0.25) is 3.79 Å². The van der Waals surface area contributed by atoms with Crippen molar-refractivity contribution < 1.29 is 4.79 Å². The molecule has 7 heavy (non-hydrogen) atoms. The van der Waals surface area contributed by atoms with E-state index in [-0.39, 0.29) is 3.79 Å². The molecule has 0 spiro atoms. The van der Waals surface area contributed by atoms with Crippen LogP contribution in [0.15, 0.2) is 11.6 Å². The van der Waals surface area contributed by atoms with E-state index in [2.05, 4.69) is 0 Å². The van der Waals surface area contributed by atoms with Crippen LogP contribution in [0.5, 0.6) is 0 Å². The molecule has 0 saturated heterocycles. The second kappa shape index (κ2) is 3.18. The molecule has 40 valence electrons. The fourth-order valence-electron chi connectivity index (χ4n) is 0.113. The lowest BCUT2D eigenvalue weighted by Gasteiger charge is -1.83. The summed E-state index contributed by atoms with van der Waals surface area (Å²) in [5.41, 5.74) is 0.820. The summed E-state index contributed by atoms with van der Waals surface area (Å²) in [5, 5.41) is 0. The third-order valence-electron chi connectivity index (χ3n) is 0.743. The second-order valence-electron chi connectivity index (χ2n) is 1.25. The molecule has 0 heterocycles. The largest absolute Gasteiger partial charge is 0.283 e. The van der Waals surface area contributed by atoms with Crippen LogP contribution in [-0.2, 0) is 4.79 Å². The van der Waals surface area contributed by atoms with Gasteiger partial charge in [-0.25, -0.2) is 0 Å². The van der Waals surface area contributed by atoms with Crippen molar-refractivity contribution in [1.29, 1.82) is 0 Å². The third-order valence-corrected chi connectivity index (χ3v) is 1.59. The quantitative estimate of drug-likeness (QED) is 0.367. The zero-order valence-corrected chi connectivity index (χ0v) is 6.52. The summed E-state index contributed by atoms with van der Waals surface area (Å²) in [5.74, 6) is 0. The van der Waals surface area contributed by atoms with E-state index in [1.165, 1.54) is 0 Å². The molecule has 0 radical (unpaired) electrons. The Morgan fingerprint density at radius 2 is 2.14 bits per heavy atom. The van der Waals surface area contributed by atoms with Gasteiger partial charge in [-0.3, -0.25) is 4.79 Å². The van der Waals surface area contributed by atoms with E-state index >= 15 is 0 Å². The van der Waals surface area contributed by atoms with Crippen LogP contribution >= 0.6 is 22.6 Å². The molecule has 0 aliphatic carbocycles. The monoisotopic (exact) mass is 210 g/mol. The van der Waals surface area contributed by atoms with Gasteiger partial charge in [0, 0.05) is 22.6 Å². The SMILES string of the molecule is C/C=C(\C)C(=O)I. The molecule has 0 rings (SSSR count). The summed E-state index contributed by atoms with van der Waals surface area (Å²) >= 11 is 1.76. The highest BCUT2D eigenvalue weighted by Gasteiger charge is 1.91. The fourth-order valence-corrected chi connectivity index (χ4v) is 0.425. The van der Waals surface area contributed by atoms with Crippen molar-refractivity contribution in [2.75, 3.05) is 0 Å². The Balaban J connectivity index is 3.82. The third kappa shape index (κ3) is 2.79. The van der Waals surface area contributed by atoms with E-state index in [4.69, 9.17) is 0 Å². The van der Waals surface area contributed by atoms with Crippen LogP contribution < -0.4 is 0 Å². The van der Waals surface area contributed by atoms with Gasteiger partial charge in [0.15, 0.2) is 0 Å². The summed E-state index contributed by atoms with van der Waals surface area (Å²) in [6.45, 7) is 3.65. The minimum atomic E-state index is 0.125. The number of halogens is 1. The number of carbonyl (C=O) groups excluding carboxylic acids is 1. The van der Waals surface area contributed by atoms with Crippen LogP contribution in [0.2, 0.25) is 0 Å². The molecule has 2 heteroatoms. The van der Waals surface area contributed by atoms with Crippen molar-refractivity contribution in [3.05, 3.63) is 11.6 Å². The molecule has 0 saturated carbocycles. The summed E-state index contributed by atoms with van der Waals surface area (Å²) < 4.78 is 0.125. The molecule has 0 bridgehead atoms. The molecule has 0 aromatic carbocycles. The average molecular weight is 210 g/mol. The van der Waals surface area contributed by atoms with Crippen LogP contribution in [0.1, 0.15) is 13.8 Å². The summed E-state index contributed by atoms with van der Waals surface area (Å²) in [4.78, 5) is 10.3. The standard InChI is InChI=1S/C5H7IO/c1-3-4(2)5(6)7/h3H,1-2H3/b4-3+. The van der Waals surface area contributed by atoms with Crippen LogP contribution in [0.3, 0.4) is 0 Å².